The van der Waals surface area contributed by atoms with E-state index >= 15 is 0 Å². The summed E-state index contributed by atoms with van der Waals surface area (Å²) in [5, 5.41) is 6.20. The molecule has 2 amide bonds. The van der Waals surface area contributed by atoms with E-state index in [0.717, 1.165) is 17.0 Å². The minimum Gasteiger partial charge on any atom is -0.369 e. The number of nitrogens with zero attached hydrogens (tertiary/aromatic N) is 4. The zero-order valence-electron chi connectivity index (χ0n) is 17.0. The average Bonchev–Trinajstić information content (AvgIpc) is 3.35. The van der Waals surface area contributed by atoms with Crippen LogP contribution >= 0.6 is 0 Å². The normalized spacial score (nSPS) is 20.4. The molecule has 0 bridgehead atoms. The molecule has 2 aliphatic heterocycles. The van der Waals surface area contributed by atoms with Crippen LogP contribution in [0.1, 0.15) is 36.6 Å². The highest BCUT2D eigenvalue weighted by atomic mass is 19.1. The highest BCUT2D eigenvalue weighted by Crippen LogP contribution is 2.33. The molecular formula is C22H26FN5O2. The first-order valence-corrected chi connectivity index (χ1v) is 10.2. The zero-order valence-corrected chi connectivity index (χ0v) is 17.0. The van der Waals surface area contributed by atoms with Crippen molar-refractivity contribution in [3.8, 4) is 0 Å². The molecule has 1 unspecified atom stereocenters. The van der Waals surface area contributed by atoms with Crippen molar-refractivity contribution in [3.63, 3.8) is 0 Å². The molecule has 7 nitrogen and oxygen atoms in total. The Labute approximate surface area is 174 Å². The maximum Gasteiger partial charge on any atom is 0.257 e. The average molecular weight is 411 g/mol. The van der Waals surface area contributed by atoms with Crippen LogP contribution < -0.4 is 5.73 Å². The third-order valence-electron chi connectivity index (χ3n) is 6.02. The molecule has 1 fully saturated rings. The lowest BCUT2D eigenvalue weighted by molar-refractivity contribution is -0.134. The van der Waals surface area contributed by atoms with Gasteiger partial charge in [0.05, 0.1) is 12.3 Å². The first kappa shape index (κ1) is 20.3. The lowest BCUT2D eigenvalue weighted by atomic mass is 9.96. The molecule has 2 N–H and O–H groups in total. The van der Waals surface area contributed by atoms with Gasteiger partial charge in [-0.3, -0.25) is 14.5 Å². The molecule has 1 aromatic carbocycles. The fraction of sp³-hybridized carbons (Fsp3) is 0.409. The lowest BCUT2D eigenvalue weighted by Gasteiger charge is -2.31. The number of piperidine rings is 1. The van der Waals surface area contributed by atoms with Crippen molar-refractivity contribution in [1.82, 2.24) is 14.5 Å². The van der Waals surface area contributed by atoms with Gasteiger partial charge in [0.25, 0.3) is 5.91 Å². The number of halogens is 1. The Morgan fingerprint density at radius 1 is 1.17 bits per heavy atom. The summed E-state index contributed by atoms with van der Waals surface area (Å²) in [5.41, 5.74) is 7.98. The van der Waals surface area contributed by atoms with Gasteiger partial charge in [0.2, 0.25) is 5.91 Å². The van der Waals surface area contributed by atoms with E-state index in [0.29, 0.717) is 32.4 Å². The molecule has 1 aromatic heterocycles. The van der Waals surface area contributed by atoms with E-state index < -0.39 is 0 Å². The predicted octanol–water partition coefficient (Wildman–Crippen LogP) is 2.04. The summed E-state index contributed by atoms with van der Waals surface area (Å²) in [6.45, 7) is 1.57. The molecule has 0 aliphatic carbocycles. The number of carbonyl (C=O) groups is 2. The fourth-order valence-electron chi connectivity index (χ4n) is 4.25. The molecule has 8 heteroatoms. The maximum atomic E-state index is 13.3. The van der Waals surface area contributed by atoms with Crippen LogP contribution in [0.4, 0.5) is 4.39 Å². The van der Waals surface area contributed by atoms with Gasteiger partial charge >= 0.3 is 0 Å². The van der Waals surface area contributed by atoms with Crippen molar-refractivity contribution in [2.45, 2.75) is 25.3 Å². The summed E-state index contributed by atoms with van der Waals surface area (Å²) in [6.07, 6.45) is 3.86. The van der Waals surface area contributed by atoms with Gasteiger partial charge < -0.3 is 10.3 Å². The zero-order chi connectivity index (χ0) is 21.3. The second kappa shape index (κ2) is 8.39. The second-order valence-corrected chi connectivity index (χ2v) is 8.01. The number of likely N-dealkylation sites (tertiary alicyclic amines) is 1. The Kier molecular flexibility index (Phi) is 5.67. The highest BCUT2D eigenvalue weighted by Gasteiger charge is 2.35. The van der Waals surface area contributed by atoms with E-state index in [1.807, 2.05) is 29.9 Å². The smallest absolute Gasteiger partial charge is 0.257 e. The van der Waals surface area contributed by atoms with Gasteiger partial charge in [0.1, 0.15) is 11.9 Å². The molecule has 30 heavy (non-hydrogen) atoms. The third kappa shape index (κ3) is 4.14. The number of aromatic nitrogens is 1. The van der Waals surface area contributed by atoms with E-state index in [1.54, 1.807) is 17.1 Å². The highest BCUT2D eigenvalue weighted by molar-refractivity contribution is 6.03. The molecule has 158 valence electrons. The standard InChI is InChI=1S/C22H26FN5O2/c1-26-10-2-3-19(26)20-13-18(15-4-6-17(23)7-5-15)25-28(20)21(29)14-27-11-8-16(9-12-27)22(24)30/h2-7,10,16,20H,8-9,11-14H2,1H3,(H2,24,30). The molecule has 1 saturated heterocycles. The summed E-state index contributed by atoms with van der Waals surface area (Å²) in [7, 11) is 1.95. The minimum absolute atomic E-state index is 0.0872. The number of hydrogen-bond acceptors (Lipinski definition) is 4. The van der Waals surface area contributed by atoms with E-state index in [4.69, 9.17) is 5.73 Å². The quantitative estimate of drug-likeness (QED) is 0.817. The van der Waals surface area contributed by atoms with Crippen LogP contribution in [0.5, 0.6) is 0 Å². The van der Waals surface area contributed by atoms with Crippen molar-refractivity contribution in [2.75, 3.05) is 19.6 Å². The fourth-order valence-corrected chi connectivity index (χ4v) is 4.25. The Hall–Kier alpha value is -3.00. The van der Waals surface area contributed by atoms with Crippen LogP contribution in [-0.2, 0) is 16.6 Å². The van der Waals surface area contributed by atoms with Crippen LogP contribution in [0, 0.1) is 11.7 Å². The van der Waals surface area contributed by atoms with Gasteiger partial charge in [-0.1, -0.05) is 12.1 Å². The lowest BCUT2D eigenvalue weighted by Crippen LogP contribution is -2.44. The Morgan fingerprint density at radius 2 is 1.87 bits per heavy atom. The molecule has 4 rings (SSSR count). The van der Waals surface area contributed by atoms with Crippen LogP contribution in [0.25, 0.3) is 0 Å². The third-order valence-corrected chi connectivity index (χ3v) is 6.02. The van der Waals surface area contributed by atoms with Gasteiger partial charge in [-0.15, -0.1) is 0 Å². The summed E-state index contributed by atoms with van der Waals surface area (Å²) >= 11 is 0. The number of hydrazone groups is 1. The number of primary amides is 1. The molecular weight excluding hydrogens is 385 g/mol. The predicted molar refractivity (Wildman–Crippen MR) is 111 cm³/mol. The topological polar surface area (TPSA) is 83.9 Å². The molecule has 0 radical (unpaired) electrons. The van der Waals surface area contributed by atoms with Gasteiger partial charge in [0, 0.05) is 31.3 Å². The maximum absolute atomic E-state index is 13.3. The number of amides is 2. The number of aryl methyl sites for hydroxylation is 1. The Balaban J connectivity index is 1.52. The SMILES string of the molecule is Cn1cccc1C1CC(c2ccc(F)cc2)=NN1C(=O)CN1CCC(C(N)=O)CC1. The number of rotatable bonds is 5. The van der Waals surface area contributed by atoms with E-state index in [-0.39, 0.29) is 36.1 Å². The molecule has 2 aliphatic rings. The minimum atomic E-state index is -0.302. The second-order valence-electron chi connectivity index (χ2n) is 8.01. The monoisotopic (exact) mass is 411 g/mol. The Morgan fingerprint density at radius 3 is 2.47 bits per heavy atom. The van der Waals surface area contributed by atoms with Crippen LogP contribution in [-0.4, -0.2) is 51.6 Å². The van der Waals surface area contributed by atoms with Crippen LogP contribution in [0.15, 0.2) is 47.7 Å². The summed E-state index contributed by atoms with van der Waals surface area (Å²) in [5.74, 6) is -0.764. The number of carbonyl (C=O) groups excluding carboxylic acids is 2. The molecule has 3 heterocycles. The van der Waals surface area contributed by atoms with Crippen molar-refractivity contribution < 1.29 is 14.0 Å². The van der Waals surface area contributed by atoms with Crippen molar-refractivity contribution >= 4 is 17.5 Å². The largest absolute Gasteiger partial charge is 0.369 e. The van der Waals surface area contributed by atoms with Crippen LogP contribution in [0.2, 0.25) is 0 Å². The van der Waals surface area contributed by atoms with E-state index in [2.05, 4.69) is 10.0 Å². The first-order chi connectivity index (χ1) is 14.4. The van der Waals surface area contributed by atoms with Crippen LogP contribution in [0.3, 0.4) is 0 Å². The summed E-state index contributed by atoms with van der Waals surface area (Å²) < 4.78 is 15.3. The number of benzene rings is 1. The number of nitrogens with two attached hydrogens (primary N) is 1. The van der Waals surface area contributed by atoms with Gasteiger partial charge in [-0.2, -0.15) is 5.10 Å². The molecule has 2 aromatic rings. The summed E-state index contributed by atoms with van der Waals surface area (Å²) in [4.78, 5) is 26.6. The molecule has 0 saturated carbocycles. The van der Waals surface area contributed by atoms with Crippen molar-refractivity contribution in [2.24, 2.45) is 23.8 Å². The molecule has 0 spiro atoms. The number of hydrogen-bond donors (Lipinski definition) is 1. The first-order valence-electron chi connectivity index (χ1n) is 10.2. The van der Waals surface area contributed by atoms with Gasteiger partial charge in [0.15, 0.2) is 0 Å². The van der Waals surface area contributed by atoms with Crippen molar-refractivity contribution in [1.29, 1.82) is 0 Å². The van der Waals surface area contributed by atoms with Gasteiger partial charge in [-0.25, -0.2) is 9.40 Å². The Bertz CT molecular complexity index is 960. The van der Waals surface area contributed by atoms with E-state index in [1.165, 1.54) is 12.1 Å². The van der Waals surface area contributed by atoms with E-state index in [9.17, 15) is 14.0 Å². The van der Waals surface area contributed by atoms with Crippen molar-refractivity contribution in [3.05, 3.63) is 59.7 Å². The molecule has 1 atom stereocenters. The van der Waals surface area contributed by atoms with Gasteiger partial charge in [-0.05, 0) is 55.8 Å². The summed E-state index contributed by atoms with van der Waals surface area (Å²) in [6, 6.07) is 9.93.